The van der Waals surface area contributed by atoms with Crippen LogP contribution in [-0.4, -0.2) is 24.7 Å². The van der Waals surface area contributed by atoms with Crippen molar-refractivity contribution in [2.24, 2.45) is 10.8 Å². The Morgan fingerprint density at radius 3 is 1.31 bits per heavy atom. The van der Waals surface area contributed by atoms with Crippen LogP contribution < -0.4 is 9.80 Å². The molecule has 0 N–H and O–H groups in total. The molecule has 0 saturated heterocycles. The highest BCUT2D eigenvalue weighted by Crippen LogP contribution is 2.38. The molecule has 2 aliphatic heterocycles. The summed E-state index contributed by atoms with van der Waals surface area (Å²) in [5, 5.41) is 0. The van der Waals surface area contributed by atoms with Crippen LogP contribution in [0.2, 0.25) is 0 Å². The summed E-state index contributed by atoms with van der Waals surface area (Å²) in [5.74, 6) is 0.307. The van der Waals surface area contributed by atoms with Crippen molar-refractivity contribution < 1.29 is 9.59 Å². The van der Waals surface area contributed by atoms with Crippen molar-refractivity contribution in [1.82, 2.24) is 0 Å². The van der Waals surface area contributed by atoms with Gasteiger partial charge in [0.05, 0.1) is 0 Å². The van der Waals surface area contributed by atoms with Crippen LogP contribution in [0, 0.1) is 10.8 Å². The second-order valence-electron chi connectivity index (χ2n) is 11.4. The first kappa shape index (κ1) is 25.0. The first-order chi connectivity index (χ1) is 16.5. The lowest BCUT2D eigenvalue weighted by Crippen LogP contribution is -2.34. The zero-order valence-electron chi connectivity index (χ0n) is 22.0. The minimum absolute atomic E-state index is 0.0672. The van der Waals surface area contributed by atoms with E-state index in [9.17, 15) is 9.59 Å². The number of hydrogen-bond acceptors (Lipinski definition) is 4. The molecule has 0 spiro atoms. The molecule has 0 aromatic heterocycles. The van der Waals surface area contributed by atoms with Gasteiger partial charge in [-0.05, 0) is 79.3 Å². The number of anilines is 2. The molecule has 2 aromatic rings. The number of Topliss-reactive ketones (excluding diaryl/α,β-unsaturated/α-hetero) is 2. The zero-order valence-corrected chi connectivity index (χ0v) is 22.0. The Bertz CT molecular complexity index is 1070. The van der Waals surface area contributed by atoms with Gasteiger partial charge in [0.2, 0.25) is 0 Å². The van der Waals surface area contributed by atoms with Gasteiger partial charge in [0.1, 0.15) is 0 Å². The Balaban J connectivity index is 1.45. The Kier molecular flexibility index (Phi) is 6.77. The molecule has 4 rings (SSSR count). The molecule has 0 amide bonds. The first-order valence-corrected chi connectivity index (χ1v) is 12.6. The van der Waals surface area contributed by atoms with E-state index in [4.69, 9.17) is 0 Å². The van der Waals surface area contributed by atoms with Crippen LogP contribution in [-0.2, 0) is 16.0 Å². The van der Waals surface area contributed by atoms with Gasteiger partial charge in [0.15, 0.2) is 11.6 Å². The smallest absolute Gasteiger partial charge is 0.157 e. The van der Waals surface area contributed by atoms with E-state index < -0.39 is 0 Å². The summed E-state index contributed by atoms with van der Waals surface area (Å²) < 4.78 is 0. The molecule has 0 aliphatic carbocycles. The molecular weight excluding hydrogens is 432 g/mol. The molecule has 4 heteroatoms. The second-order valence-corrected chi connectivity index (χ2v) is 11.4. The maximum absolute atomic E-state index is 12.1. The SMILES string of the molecule is CC(=O)C1=CN(c2ccc(Cc3ccc(N4C=C(C(C)=O)C(C)(C)CC4)cc3)cc2)CCC1(C)C. The maximum atomic E-state index is 12.1. The number of hydrogen-bond donors (Lipinski definition) is 0. The lowest BCUT2D eigenvalue weighted by atomic mass is 9.77. The van der Waals surface area contributed by atoms with Crippen LogP contribution in [0.4, 0.5) is 11.4 Å². The number of ketones is 2. The highest BCUT2D eigenvalue weighted by atomic mass is 16.1. The van der Waals surface area contributed by atoms with Gasteiger partial charge in [-0.25, -0.2) is 0 Å². The summed E-state index contributed by atoms with van der Waals surface area (Å²) in [7, 11) is 0. The standard InChI is InChI=1S/C31H38N2O2/c1-22(34)28-20-32(17-15-30(28,3)4)26-11-7-24(8-12-26)19-25-9-13-27(14-10-25)33-18-16-31(5,6)29(21-33)23(2)35/h7-14,20-21H,15-19H2,1-6H3. The number of carbonyl (C=O) groups excluding carboxylic acids is 2. The summed E-state index contributed by atoms with van der Waals surface area (Å²) >= 11 is 0. The van der Waals surface area contributed by atoms with Crippen LogP contribution in [0.3, 0.4) is 0 Å². The number of nitrogens with zero attached hydrogens (tertiary/aromatic N) is 2. The number of rotatable bonds is 6. The molecule has 0 unspecified atom stereocenters. The second kappa shape index (κ2) is 9.49. The van der Waals surface area contributed by atoms with Gasteiger partial charge >= 0.3 is 0 Å². The van der Waals surface area contributed by atoms with E-state index in [2.05, 4.69) is 86.0 Å². The topological polar surface area (TPSA) is 40.6 Å². The van der Waals surface area contributed by atoms with Crippen LogP contribution in [0.1, 0.15) is 65.5 Å². The maximum Gasteiger partial charge on any atom is 0.157 e. The van der Waals surface area contributed by atoms with Crippen molar-refractivity contribution in [1.29, 1.82) is 0 Å². The predicted molar refractivity (Wildman–Crippen MR) is 145 cm³/mol. The molecule has 184 valence electrons. The van der Waals surface area contributed by atoms with Crippen LogP contribution in [0.5, 0.6) is 0 Å². The summed E-state index contributed by atoms with van der Waals surface area (Å²) in [6.07, 6.45) is 6.86. The molecule has 2 heterocycles. The predicted octanol–water partition coefficient (Wildman–Crippen LogP) is 6.70. The molecule has 0 saturated carbocycles. The largest absolute Gasteiger partial charge is 0.348 e. The summed E-state index contributed by atoms with van der Waals surface area (Å²) in [6.45, 7) is 13.8. The zero-order chi connectivity index (χ0) is 25.4. The minimum Gasteiger partial charge on any atom is -0.348 e. The number of carbonyl (C=O) groups is 2. The van der Waals surface area contributed by atoms with E-state index in [1.807, 2.05) is 12.4 Å². The van der Waals surface area contributed by atoms with Crippen molar-refractivity contribution >= 4 is 22.9 Å². The van der Waals surface area contributed by atoms with Crippen molar-refractivity contribution in [3.8, 4) is 0 Å². The van der Waals surface area contributed by atoms with Crippen LogP contribution in [0.25, 0.3) is 0 Å². The Morgan fingerprint density at radius 2 is 1.00 bits per heavy atom. The molecule has 2 aromatic carbocycles. The molecule has 0 radical (unpaired) electrons. The van der Waals surface area contributed by atoms with E-state index in [1.54, 1.807) is 13.8 Å². The van der Waals surface area contributed by atoms with E-state index in [0.29, 0.717) is 0 Å². The summed E-state index contributed by atoms with van der Waals surface area (Å²) in [4.78, 5) is 28.7. The molecule has 4 nitrogen and oxygen atoms in total. The van der Waals surface area contributed by atoms with Crippen molar-refractivity contribution in [3.05, 3.63) is 83.2 Å². The van der Waals surface area contributed by atoms with Gasteiger partial charge in [-0.2, -0.15) is 0 Å². The first-order valence-electron chi connectivity index (χ1n) is 12.6. The van der Waals surface area contributed by atoms with Gasteiger partial charge in [0.25, 0.3) is 0 Å². The quantitative estimate of drug-likeness (QED) is 0.471. The van der Waals surface area contributed by atoms with Gasteiger partial charge < -0.3 is 9.80 Å². The van der Waals surface area contributed by atoms with Gasteiger partial charge in [-0.3, -0.25) is 9.59 Å². The monoisotopic (exact) mass is 470 g/mol. The molecule has 0 fully saturated rings. The molecule has 0 atom stereocenters. The van der Waals surface area contributed by atoms with Crippen molar-refractivity contribution in [2.75, 3.05) is 22.9 Å². The fourth-order valence-corrected chi connectivity index (χ4v) is 5.25. The average Bonchev–Trinajstić information content (AvgIpc) is 2.79. The Hall–Kier alpha value is -3.14. The minimum atomic E-state index is -0.0672. The summed E-state index contributed by atoms with van der Waals surface area (Å²) in [5.41, 5.74) is 6.43. The fraction of sp³-hybridized carbons (Fsp3) is 0.419. The van der Waals surface area contributed by atoms with Crippen LogP contribution in [0.15, 0.2) is 72.1 Å². The van der Waals surface area contributed by atoms with E-state index in [-0.39, 0.29) is 22.4 Å². The highest BCUT2D eigenvalue weighted by molar-refractivity contribution is 5.95. The third-order valence-corrected chi connectivity index (χ3v) is 7.69. The van der Waals surface area contributed by atoms with Gasteiger partial charge in [-0.1, -0.05) is 52.0 Å². The molecule has 2 aliphatic rings. The third kappa shape index (κ3) is 5.42. The van der Waals surface area contributed by atoms with E-state index in [1.165, 1.54) is 11.1 Å². The van der Waals surface area contributed by atoms with Crippen LogP contribution >= 0.6 is 0 Å². The molecular formula is C31H38N2O2. The van der Waals surface area contributed by atoms with Gasteiger partial charge in [0, 0.05) is 48.0 Å². The highest BCUT2D eigenvalue weighted by Gasteiger charge is 2.32. The van der Waals surface area contributed by atoms with E-state index in [0.717, 1.165) is 54.9 Å². The number of benzene rings is 2. The van der Waals surface area contributed by atoms with Crippen molar-refractivity contribution in [3.63, 3.8) is 0 Å². The Labute approximate surface area is 210 Å². The average molecular weight is 471 g/mol. The summed E-state index contributed by atoms with van der Waals surface area (Å²) in [6, 6.07) is 17.3. The Morgan fingerprint density at radius 1 is 0.657 bits per heavy atom. The molecule has 35 heavy (non-hydrogen) atoms. The number of allylic oxidation sites excluding steroid dienone is 2. The third-order valence-electron chi connectivity index (χ3n) is 7.69. The normalized spacial score (nSPS) is 19.1. The fourth-order valence-electron chi connectivity index (χ4n) is 5.25. The van der Waals surface area contributed by atoms with Crippen molar-refractivity contribution in [2.45, 2.75) is 60.8 Å². The lowest BCUT2D eigenvalue weighted by Gasteiger charge is -2.36. The van der Waals surface area contributed by atoms with Gasteiger partial charge in [-0.15, -0.1) is 0 Å². The van der Waals surface area contributed by atoms with E-state index >= 15 is 0 Å². The lowest BCUT2D eigenvalue weighted by molar-refractivity contribution is -0.115. The molecule has 0 bridgehead atoms.